The van der Waals surface area contributed by atoms with E-state index in [2.05, 4.69) is 77.8 Å². The molecule has 142 valence electrons. The summed E-state index contributed by atoms with van der Waals surface area (Å²) in [5.41, 5.74) is 3.41. The number of benzene rings is 1. The standard InChI is InChI=1S/C21H28N6/c1-5-22-20(23-14-19-26-25-18-8-6-7-13-27(18)19)24-15-21(3,4)17-11-9-16(2)10-12-17/h6-13H,5,14-15H2,1-4H3,(H2,22,23,24). The van der Waals surface area contributed by atoms with Crippen LogP contribution in [0.2, 0.25) is 0 Å². The molecule has 0 aliphatic rings. The lowest BCUT2D eigenvalue weighted by Crippen LogP contribution is -2.43. The quantitative estimate of drug-likeness (QED) is 0.521. The first-order chi connectivity index (χ1) is 13.0. The number of hydrogen-bond donors (Lipinski definition) is 2. The van der Waals surface area contributed by atoms with E-state index in [9.17, 15) is 0 Å². The molecule has 1 aromatic carbocycles. The molecule has 27 heavy (non-hydrogen) atoms. The van der Waals surface area contributed by atoms with Crippen molar-refractivity contribution in [1.29, 1.82) is 0 Å². The van der Waals surface area contributed by atoms with Gasteiger partial charge in [-0.1, -0.05) is 49.7 Å². The predicted octanol–water partition coefficient (Wildman–Crippen LogP) is 3.07. The van der Waals surface area contributed by atoms with E-state index in [4.69, 9.17) is 0 Å². The minimum Gasteiger partial charge on any atom is -0.357 e. The molecule has 0 saturated heterocycles. The zero-order valence-corrected chi connectivity index (χ0v) is 16.5. The summed E-state index contributed by atoms with van der Waals surface area (Å²) in [5, 5.41) is 15.2. The van der Waals surface area contributed by atoms with Crippen LogP contribution in [-0.4, -0.2) is 33.6 Å². The van der Waals surface area contributed by atoms with Crippen molar-refractivity contribution in [1.82, 2.24) is 25.2 Å². The van der Waals surface area contributed by atoms with Gasteiger partial charge in [0.25, 0.3) is 0 Å². The molecule has 0 atom stereocenters. The van der Waals surface area contributed by atoms with Gasteiger partial charge in [0.05, 0.1) is 0 Å². The Morgan fingerprint density at radius 2 is 1.85 bits per heavy atom. The van der Waals surface area contributed by atoms with Gasteiger partial charge in [-0.05, 0) is 31.5 Å². The molecule has 2 aromatic heterocycles. The molecule has 3 rings (SSSR count). The molecule has 2 heterocycles. The Kier molecular flexibility index (Phi) is 5.74. The number of nitrogens with one attached hydrogen (secondary N) is 2. The smallest absolute Gasteiger partial charge is 0.191 e. The van der Waals surface area contributed by atoms with E-state index in [0.29, 0.717) is 6.54 Å². The molecule has 0 radical (unpaired) electrons. The Morgan fingerprint density at radius 1 is 1.07 bits per heavy atom. The maximum Gasteiger partial charge on any atom is 0.191 e. The van der Waals surface area contributed by atoms with Crippen molar-refractivity contribution in [3.63, 3.8) is 0 Å². The van der Waals surface area contributed by atoms with E-state index >= 15 is 0 Å². The molecule has 0 aliphatic heterocycles. The van der Waals surface area contributed by atoms with Crippen molar-refractivity contribution in [2.75, 3.05) is 13.1 Å². The third kappa shape index (κ3) is 4.64. The second kappa shape index (κ2) is 8.20. The van der Waals surface area contributed by atoms with Crippen molar-refractivity contribution in [3.8, 4) is 0 Å². The van der Waals surface area contributed by atoms with Crippen molar-refractivity contribution < 1.29 is 0 Å². The van der Waals surface area contributed by atoms with E-state index in [-0.39, 0.29) is 5.41 Å². The summed E-state index contributed by atoms with van der Waals surface area (Å²) in [6.45, 7) is 10.7. The third-order valence-electron chi connectivity index (χ3n) is 4.64. The van der Waals surface area contributed by atoms with Crippen LogP contribution in [0.3, 0.4) is 0 Å². The normalized spacial score (nSPS) is 12.4. The summed E-state index contributed by atoms with van der Waals surface area (Å²) in [7, 11) is 0. The molecule has 0 fully saturated rings. The zero-order chi connectivity index (χ0) is 19.3. The summed E-state index contributed by atoms with van der Waals surface area (Å²) < 4.78 is 1.96. The first kappa shape index (κ1) is 18.9. The molecule has 0 saturated carbocycles. The number of guanidine groups is 1. The number of aryl methyl sites for hydroxylation is 1. The monoisotopic (exact) mass is 364 g/mol. The van der Waals surface area contributed by atoms with Crippen LogP contribution in [0, 0.1) is 6.92 Å². The van der Waals surface area contributed by atoms with Crippen molar-refractivity contribution in [3.05, 3.63) is 65.6 Å². The van der Waals surface area contributed by atoms with Crippen molar-refractivity contribution in [2.45, 2.75) is 39.7 Å². The molecule has 0 spiro atoms. The van der Waals surface area contributed by atoms with Crippen LogP contribution in [0.15, 0.2) is 53.7 Å². The highest BCUT2D eigenvalue weighted by atomic mass is 15.3. The number of aromatic nitrogens is 3. The van der Waals surface area contributed by atoms with Gasteiger partial charge in [-0.15, -0.1) is 10.2 Å². The van der Waals surface area contributed by atoms with Crippen LogP contribution in [0.1, 0.15) is 37.7 Å². The predicted molar refractivity (Wildman–Crippen MR) is 110 cm³/mol. The van der Waals surface area contributed by atoms with E-state index in [1.165, 1.54) is 11.1 Å². The van der Waals surface area contributed by atoms with Gasteiger partial charge in [-0.25, -0.2) is 4.99 Å². The van der Waals surface area contributed by atoms with Gasteiger partial charge in [0.2, 0.25) is 0 Å². The molecule has 6 nitrogen and oxygen atoms in total. The Morgan fingerprint density at radius 3 is 2.59 bits per heavy atom. The summed E-state index contributed by atoms with van der Waals surface area (Å²) in [4.78, 5) is 4.69. The molecule has 6 heteroatoms. The average molecular weight is 364 g/mol. The minimum absolute atomic E-state index is 0.00848. The van der Waals surface area contributed by atoms with Gasteiger partial charge in [0.15, 0.2) is 17.4 Å². The highest BCUT2D eigenvalue weighted by Crippen LogP contribution is 2.22. The number of rotatable bonds is 6. The summed E-state index contributed by atoms with van der Waals surface area (Å²) in [6.07, 6.45) is 1.96. The highest BCUT2D eigenvalue weighted by molar-refractivity contribution is 5.79. The lowest BCUT2D eigenvalue weighted by Gasteiger charge is -2.27. The second-order valence-electron chi connectivity index (χ2n) is 7.34. The summed E-state index contributed by atoms with van der Waals surface area (Å²) in [6, 6.07) is 14.6. The van der Waals surface area contributed by atoms with Gasteiger partial charge >= 0.3 is 0 Å². The molecular weight excluding hydrogens is 336 g/mol. The van der Waals surface area contributed by atoms with Crippen LogP contribution in [0.25, 0.3) is 5.65 Å². The largest absolute Gasteiger partial charge is 0.357 e. The van der Waals surface area contributed by atoms with Gasteiger partial charge in [0.1, 0.15) is 6.54 Å². The molecule has 0 aliphatic carbocycles. The Labute approximate surface area is 160 Å². The van der Waals surface area contributed by atoms with Gasteiger partial charge < -0.3 is 10.6 Å². The van der Waals surface area contributed by atoms with Crippen molar-refractivity contribution in [2.24, 2.45) is 4.99 Å². The Hall–Kier alpha value is -2.89. The topological polar surface area (TPSA) is 66.6 Å². The van der Waals surface area contributed by atoms with Crippen LogP contribution in [-0.2, 0) is 12.0 Å². The fraction of sp³-hybridized carbons (Fsp3) is 0.381. The lowest BCUT2D eigenvalue weighted by molar-refractivity contribution is 0.508. The van der Waals surface area contributed by atoms with E-state index in [1.54, 1.807) is 0 Å². The number of hydrogen-bond acceptors (Lipinski definition) is 3. The minimum atomic E-state index is -0.00848. The highest BCUT2D eigenvalue weighted by Gasteiger charge is 2.20. The molecule has 0 unspecified atom stereocenters. The van der Waals surface area contributed by atoms with Crippen LogP contribution in [0.5, 0.6) is 0 Å². The molecule has 0 bridgehead atoms. The van der Waals surface area contributed by atoms with Crippen LogP contribution >= 0.6 is 0 Å². The Bertz CT molecular complexity index is 908. The zero-order valence-electron chi connectivity index (χ0n) is 16.5. The molecule has 2 N–H and O–H groups in total. The van der Waals surface area contributed by atoms with Gasteiger partial charge in [0, 0.05) is 24.7 Å². The second-order valence-corrected chi connectivity index (χ2v) is 7.34. The first-order valence-electron chi connectivity index (χ1n) is 9.37. The van der Waals surface area contributed by atoms with E-state index < -0.39 is 0 Å². The van der Waals surface area contributed by atoms with Crippen LogP contribution < -0.4 is 10.6 Å². The summed E-state index contributed by atoms with van der Waals surface area (Å²) >= 11 is 0. The maximum atomic E-state index is 4.69. The third-order valence-corrected chi connectivity index (χ3v) is 4.64. The molecule has 0 amide bonds. The molecule has 3 aromatic rings. The van der Waals surface area contributed by atoms with Gasteiger partial charge in [-0.2, -0.15) is 0 Å². The first-order valence-corrected chi connectivity index (χ1v) is 9.37. The van der Waals surface area contributed by atoms with Crippen LogP contribution in [0.4, 0.5) is 0 Å². The number of nitrogens with zero attached hydrogens (tertiary/aromatic N) is 4. The number of aliphatic imine (C=N–C) groups is 1. The Balaban J connectivity index is 1.69. The summed E-state index contributed by atoms with van der Waals surface area (Å²) in [5.74, 6) is 1.60. The number of pyridine rings is 1. The van der Waals surface area contributed by atoms with Gasteiger partial charge in [-0.3, -0.25) is 4.40 Å². The average Bonchev–Trinajstić information content (AvgIpc) is 3.08. The fourth-order valence-corrected chi connectivity index (χ4v) is 2.90. The van der Waals surface area contributed by atoms with E-state index in [1.807, 2.05) is 28.8 Å². The maximum absolute atomic E-state index is 4.69. The lowest BCUT2D eigenvalue weighted by atomic mass is 9.84. The molecular formula is C21H28N6. The fourth-order valence-electron chi connectivity index (χ4n) is 2.90. The SMILES string of the molecule is CCNC(=NCc1nnc2ccccn12)NCC(C)(C)c1ccc(C)cc1. The number of fused-ring (bicyclic) bond motifs is 1. The van der Waals surface area contributed by atoms with E-state index in [0.717, 1.165) is 30.5 Å². The van der Waals surface area contributed by atoms with Crippen molar-refractivity contribution >= 4 is 11.6 Å².